The van der Waals surface area contributed by atoms with Gasteiger partial charge in [0.25, 0.3) is 17.5 Å². The van der Waals surface area contributed by atoms with E-state index in [-0.39, 0.29) is 17.8 Å². The summed E-state index contributed by atoms with van der Waals surface area (Å²) in [4.78, 5) is 34.9. The molecule has 11 heteroatoms. The molecule has 2 rings (SSSR count). The number of hydrogen-bond acceptors (Lipinski definition) is 8. The Balaban J connectivity index is 2.02. The molecule has 0 radical (unpaired) electrons. The zero-order valence-corrected chi connectivity index (χ0v) is 18.6. The van der Waals surface area contributed by atoms with E-state index in [4.69, 9.17) is 14.2 Å². The number of amides is 2. The van der Waals surface area contributed by atoms with Crippen LogP contribution >= 0.6 is 0 Å². The molecule has 0 saturated heterocycles. The topological polar surface area (TPSA) is 141 Å². The molecule has 33 heavy (non-hydrogen) atoms. The van der Waals surface area contributed by atoms with E-state index in [1.165, 1.54) is 36.5 Å². The van der Waals surface area contributed by atoms with Crippen molar-refractivity contribution >= 4 is 23.7 Å². The average molecular weight is 458 g/mol. The Kier molecular flexibility index (Phi) is 9.62. The van der Waals surface area contributed by atoms with Crippen LogP contribution in [0, 0.1) is 10.1 Å². The van der Waals surface area contributed by atoms with Crippen molar-refractivity contribution in [3.8, 4) is 17.2 Å². The van der Waals surface area contributed by atoms with Crippen LogP contribution in [-0.4, -0.2) is 49.3 Å². The smallest absolute Gasteiger partial charge is 0.270 e. The van der Waals surface area contributed by atoms with Gasteiger partial charge in [-0.05, 0) is 32.9 Å². The number of nitrogens with zero attached hydrogens (tertiary/aromatic N) is 2. The molecule has 0 heterocycles. The number of nitro groups is 1. The Labute approximate surface area is 190 Å². The lowest BCUT2D eigenvalue weighted by atomic mass is 10.1. The first-order valence-electron chi connectivity index (χ1n) is 10.3. The fourth-order valence-electron chi connectivity index (χ4n) is 2.72. The molecule has 2 aromatic rings. The molecule has 0 saturated carbocycles. The number of carbonyl (C=O) groups is 2. The van der Waals surface area contributed by atoms with E-state index in [9.17, 15) is 19.7 Å². The lowest BCUT2D eigenvalue weighted by molar-refractivity contribution is -0.384. The van der Waals surface area contributed by atoms with Gasteiger partial charge < -0.3 is 19.5 Å². The summed E-state index contributed by atoms with van der Waals surface area (Å²) in [6, 6.07) is 8.80. The Hall–Kier alpha value is -4.15. The summed E-state index contributed by atoms with van der Waals surface area (Å²) in [7, 11) is 0. The third kappa shape index (κ3) is 7.49. The van der Waals surface area contributed by atoms with Crippen LogP contribution in [0.5, 0.6) is 17.2 Å². The molecule has 0 fully saturated rings. The minimum atomic E-state index is -0.578. The van der Waals surface area contributed by atoms with Crippen LogP contribution in [0.4, 0.5) is 5.69 Å². The first-order valence-corrected chi connectivity index (χ1v) is 10.3. The zero-order valence-electron chi connectivity index (χ0n) is 18.6. The van der Waals surface area contributed by atoms with Gasteiger partial charge >= 0.3 is 0 Å². The second-order valence-corrected chi connectivity index (χ2v) is 6.43. The maximum atomic E-state index is 12.6. The predicted octanol–water partition coefficient (Wildman–Crippen LogP) is 2.67. The van der Waals surface area contributed by atoms with Crippen molar-refractivity contribution in [2.24, 2.45) is 5.10 Å². The highest BCUT2D eigenvalue weighted by Crippen LogP contribution is 2.39. The Morgan fingerprint density at radius 1 is 1.03 bits per heavy atom. The second kappa shape index (κ2) is 12.6. The summed E-state index contributed by atoms with van der Waals surface area (Å²) in [5.74, 6) is 0.0395. The van der Waals surface area contributed by atoms with Gasteiger partial charge in [-0.3, -0.25) is 19.7 Å². The minimum absolute atomic E-state index is 0.0919. The van der Waals surface area contributed by atoms with Crippen molar-refractivity contribution < 1.29 is 28.7 Å². The number of carbonyl (C=O) groups excluding carboxylic acids is 2. The SMILES string of the molecule is CCOc1cc(C(=O)NCC(=O)N/N=C/c2cccc([N+](=O)[O-])c2)cc(OCC)c1OCC. The summed E-state index contributed by atoms with van der Waals surface area (Å²) >= 11 is 0. The predicted molar refractivity (Wildman–Crippen MR) is 121 cm³/mol. The van der Waals surface area contributed by atoms with Gasteiger partial charge in [0.1, 0.15) is 0 Å². The van der Waals surface area contributed by atoms with Gasteiger partial charge in [-0.2, -0.15) is 5.10 Å². The highest BCUT2D eigenvalue weighted by Gasteiger charge is 2.18. The summed E-state index contributed by atoms with van der Waals surface area (Å²) in [6.45, 7) is 6.22. The number of ether oxygens (including phenoxy) is 3. The molecule has 0 bridgehead atoms. The van der Waals surface area contributed by atoms with Crippen LogP contribution < -0.4 is 25.0 Å². The van der Waals surface area contributed by atoms with Crippen molar-refractivity contribution in [2.45, 2.75) is 20.8 Å². The normalized spacial score (nSPS) is 10.5. The monoisotopic (exact) mass is 458 g/mol. The summed E-state index contributed by atoms with van der Waals surface area (Å²) < 4.78 is 16.8. The van der Waals surface area contributed by atoms with E-state index >= 15 is 0 Å². The molecular weight excluding hydrogens is 432 g/mol. The van der Waals surface area contributed by atoms with E-state index in [1.807, 2.05) is 6.92 Å². The van der Waals surface area contributed by atoms with Gasteiger partial charge in [0, 0.05) is 23.3 Å². The third-order valence-electron chi connectivity index (χ3n) is 4.06. The van der Waals surface area contributed by atoms with Gasteiger partial charge in [0.05, 0.1) is 37.5 Å². The quantitative estimate of drug-likeness (QED) is 0.283. The fraction of sp³-hybridized carbons (Fsp3) is 0.318. The zero-order chi connectivity index (χ0) is 24.2. The van der Waals surface area contributed by atoms with Crippen molar-refractivity contribution in [1.29, 1.82) is 0 Å². The van der Waals surface area contributed by atoms with Crippen LogP contribution in [0.3, 0.4) is 0 Å². The van der Waals surface area contributed by atoms with Gasteiger partial charge in [-0.25, -0.2) is 5.43 Å². The number of hydrazone groups is 1. The van der Waals surface area contributed by atoms with Gasteiger partial charge in [-0.1, -0.05) is 12.1 Å². The van der Waals surface area contributed by atoms with Crippen molar-refractivity contribution in [1.82, 2.24) is 10.7 Å². The summed E-state index contributed by atoms with van der Waals surface area (Å²) in [6.07, 6.45) is 1.27. The second-order valence-electron chi connectivity index (χ2n) is 6.43. The van der Waals surface area contributed by atoms with Crippen LogP contribution in [0.2, 0.25) is 0 Å². The van der Waals surface area contributed by atoms with Crippen LogP contribution in [0.25, 0.3) is 0 Å². The lowest BCUT2D eigenvalue weighted by Gasteiger charge is -2.17. The first kappa shape index (κ1) is 25.1. The number of non-ortho nitro benzene ring substituents is 1. The maximum absolute atomic E-state index is 12.6. The molecule has 2 amide bonds. The van der Waals surface area contributed by atoms with E-state index in [0.29, 0.717) is 42.6 Å². The molecule has 0 spiro atoms. The summed E-state index contributed by atoms with van der Waals surface area (Å²) in [5.41, 5.74) is 2.83. The van der Waals surface area contributed by atoms with Gasteiger partial charge in [0.2, 0.25) is 5.75 Å². The average Bonchev–Trinajstić information content (AvgIpc) is 2.80. The van der Waals surface area contributed by atoms with Crippen LogP contribution in [0.1, 0.15) is 36.7 Å². The highest BCUT2D eigenvalue weighted by atomic mass is 16.6. The van der Waals surface area contributed by atoms with Crippen molar-refractivity contribution in [2.75, 3.05) is 26.4 Å². The van der Waals surface area contributed by atoms with Crippen molar-refractivity contribution in [3.63, 3.8) is 0 Å². The number of nitro benzene ring substituents is 1. The molecule has 0 aliphatic carbocycles. The molecule has 2 aromatic carbocycles. The number of rotatable bonds is 12. The van der Waals surface area contributed by atoms with Gasteiger partial charge in [0.15, 0.2) is 11.5 Å². The minimum Gasteiger partial charge on any atom is -0.490 e. The molecular formula is C22H26N4O7. The molecule has 0 aromatic heterocycles. The number of nitrogens with one attached hydrogen (secondary N) is 2. The first-order chi connectivity index (χ1) is 15.9. The molecule has 0 aliphatic heterocycles. The summed E-state index contributed by atoms with van der Waals surface area (Å²) in [5, 5.41) is 17.0. The lowest BCUT2D eigenvalue weighted by Crippen LogP contribution is -2.35. The van der Waals surface area contributed by atoms with Crippen LogP contribution in [-0.2, 0) is 4.79 Å². The van der Waals surface area contributed by atoms with Gasteiger partial charge in [-0.15, -0.1) is 0 Å². The fourth-order valence-corrected chi connectivity index (χ4v) is 2.72. The van der Waals surface area contributed by atoms with E-state index in [0.717, 1.165) is 0 Å². The maximum Gasteiger partial charge on any atom is 0.270 e. The standard InChI is InChI=1S/C22H26N4O7/c1-4-31-18-11-16(12-19(32-5-2)21(18)33-6-3)22(28)23-14-20(27)25-24-13-15-8-7-9-17(10-15)26(29)30/h7-13H,4-6,14H2,1-3H3,(H,23,28)(H,25,27)/b24-13+. The Morgan fingerprint density at radius 2 is 1.67 bits per heavy atom. The number of hydrogen-bond donors (Lipinski definition) is 2. The van der Waals surface area contributed by atoms with E-state index in [1.54, 1.807) is 19.9 Å². The Bertz CT molecular complexity index is 997. The molecule has 0 unspecified atom stereocenters. The number of benzene rings is 2. The van der Waals surface area contributed by atoms with E-state index in [2.05, 4.69) is 15.8 Å². The highest BCUT2D eigenvalue weighted by molar-refractivity contribution is 5.97. The van der Waals surface area contributed by atoms with Crippen molar-refractivity contribution in [3.05, 3.63) is 57.6 Å². The largest absolute Gasteiger partial charge is 0.490 e. The molecule has 0 atom stereocenters. The molecule has 2 N–H and O–H groups in total. The van der Waals surface area contributed by atoms with Crippen LogP contribution in [0.15, 0.2) is 41.5 Å². The molecule has 176 valence electrons. The third-order valence-corrected chi connectivity index (χ3v) is 4.06. The Morgan fingerprint density at radius 3 is 2.24 bits per heavy atom. The molecule has 11 nitrogen and oxygen atoms in total. The van der Waals surface area contributed by atoms with E-state index < -0.39 is 16.7 Å². The molecule has 0 aliphatic rings.